The summed E-state index contributed by atoms with van der Waals surface area (Å²) in [5.74, 6) is -0.920. The van der Waals surface area contributed by atoms with E-state index in [4.69, 9.17) is 14.2 Å². The molecule has 0 aliphatic carbocycles. The van der Waals surface area contributed by atoms with Crippen molar-refractivity contribution >= 4 is 17.9 Å². The molecule has 0 aliphatic heterocycles. The number of unbranched alkanes of at least 4 members (excludes halogenated alkanes) is 26. The van der Waals surface area contributed by atoms with Gasteiger partial charge in [0.05, 0.1) is 0 Å². The van der Waals surface area contributed by atoms with Gasteiger partial charge in [-0.3, -0.25) is 14.4 Å². The van der Waals surface area contributed by atoms with E-state index in [9.17, 15) is 14.4 Å². The second kappa shape index (κ2) is 53.5. The number of rotatable bonds is 49. The van der Waals surface area contributed by atoms with Crippen LogP contribution in [0.2, 0.25) is 0 Å². The summed E-state index contributed by atoms with van der Waals surface area (Å²) >= 11 is 0. The molecule has 0 amide bonds. The Morgan fingerprint density at radius 1 is 0.308 bits per heavy atom. The molecule has 0 N–H and O–H groups in total. The highest BCUT2D eigenvalue weighted by Crippen LogP contribution is 2.14. The SMILES string of the molecule is CCCCC/C=C\C/C=C\C/C=C\CCCCCCCCC(=O)OCC(COC(=O)CCCCCCC/C=C\CCCCCC)OC(=O)CCCCCCC/C=C\C/C=C\CCCCC. The third kappa shape index (κ3) is 51.7. The van der Waals surface area contributed by atoms with Gasteiger partial charge in [0.15, 0.2) is 6.10 Å². The Kier molecular flexibility index (Phi) is 50.9. The van der Waals surface area contributed by atoms with Crippen LogP contribution in [0.3, 0.4) is 0 Å². The molecule has 6 heteroatoms. The van der Waals surface area contributed by atoms with Gasteiger partial charge in [-0.2, -0.15) is 0 Å². The van der Waals surface area contributed by atoms with Crippen molar-refractivity contribution in [1.29, 1.82) is 0 Å². The molecule has 0 aliphatic rings. The van der Waals surface area contributed by atoms with E-state index >= 15 is 0 Å². The molecule has 0 heterocycles. The summed E-state index contributed by atoms with van der Waals surface area (Å²) in [6, 6.07) is 0. The Morgan fingerprint density at radius 3 is 0.908 bits per heavy atom. The number of ether oxygens (including phenoxy) is 3. The van der Waals surface area contributed by atoms with Crippen molar-refractivity contribution in [3.05, 3.63) is 72.9 Å². The Hall–Kier alpha value is -3.15. The van der Waals surface area contributed by atoms with Gasteiger partial charge in [-0.15, -0.1) is 0 Å². The first-order valence-corrected chi connectivity index (χ1v) is 27.4. The van der Waals surface area contributed by atoms with E-state index in [2.05, 4.69) is 93.7 Å². The van der Waals surface area contributed by atoms with E-state index in [0.717, 1.165) is 109 Å². The van der Waals surface area contributed by atoms with E-state index in [1.807, 2.05) is 0 Å². The number of hydrogen-bond acceptors (Lipinski definition) is 6. The van der Waals surface area contributed by atoms with Crippen molar-refractivity contribution in [2.45, 2.75) is 271 Å². The minimum atomic E-state index is -0.791. The molecule has 0 fully saturated rings. The molecule has 374 valence electrons. The molecule has 65 heavy (non-hydrogen) atoms. The Balaban J connectivity index is 4.42. The number of carbonyl (C=O) groups is 3. The highest BCUT2D eigenvalue weighted by Gasteiger charge is 2.19. The maximum absolute atomic E-state index is 12.8. The average molecular weight is 907 g/mol. The predicted octanol–water partition coefficient (Wildman–Crippen LogP) is 18.2. The third-order valence-electron chi connectivity index (χ3n) is 11.7. The highest BCUT2D eigenvalue weighted by atomic mass is 16.6. The van der Waals surface area contributed by atoms with E-state index in [0.29, 0.717) is 19.3 Å². The maximum Gasteiger partial charge on any atom is 0.306 e. The fourth-order valence-electron chi connectivity index (χ4n) is 7.47. The molecule has 1 unspecified atom stereocenters. The standard InChI is InChI=1S/C59H102O6/c1-4-7-10-13-16-19-22-25-27-28-29-30-32-34-37-40-43-46-49-52-58(61)64-55-56(54-63-57(60)51-48-45-42-39-36-33-24-21-18-15-12-9-6-3)65-59(62)53-50-47-44-41-38-35-31-26-23-20-17-14-11-8-5-2/h16-17,19-21,24-27,29-31,56H,4-15,18,22-23,28,32-55H2,1-3H3/b19-16-,20-17-,24-21-,27-25-,30-29-,31-26-. The van der Waals surface area contributed by atoms with Crippen LogP contribution in [0.4, 0.5) is 0 Å². The van der Waals surface area contributed by atoms with Crippen LogP contribution in [-0.4, -0.2) is 37.2 Å². The van der Waals surface area contributed by atoms with Crippen molar-refractivity contribution in [2.75, 3.05) is 13.2 Å². The van der Waals surface area contributed by atoms with Gasteiger partial charge in [0.2, 0.25) is 0 Å². The highest BCUT2D eigenvalue weighted by molar-refractivity contribution is 5.71. The Morgan fingerprint density at radius 2 is 0.554 bits per heavy atom. The first-order valence-electron chi connectivity index (χ1n) is 27.4. The fourth-order valence-corrected chi connectivity index (χ4v) is 7.47. The molecule has 0 aromatic heterocycles. The van der Waals surface area contributed by atoms with Crippen LogP contribution in [0.5, 0.6) is 0 Å². The lowest BCUT2D eigenvalue weighted by Gasteiger charge is -2.18. The molecule has 0 saturated carbocycles. The molecule has 0 saturated heterocycles. The molecule has 0 spiro atoms. The lowest BCUT2D eigenvalue weighted by Crippen LogP contribution is -2.30. The van der Waals surface area contributed by atoms with Crippen LogP contribution >= 0.6 is 0 Å². The molecule has 6 nitrogen and oxygen atoms in total. The van der Waals surface area contributed by atoms with E-state index < -0.39 is 6.10 Å². The van der Waals surface area contributed by atoms with Crippen LogP contribution in [0, 0.1) is 0 Å². The molecular weight excluding hydrogens is 805 g/mol. The molecule has 1 atom stereocenters. The van der Waals surface area contributed by atoms with E-state index in [1.165, 1.54) is 116 Å². The quantitative estimate of drug-likeness (QED) is 0.0262. The molecule has 0 rings (SSSR count). The van der Waals surface area contributed by atoms with Crippen molar-refractivity contribution in [2.24, 2.45) is 0 Å². The van der Waals surface area contributed by atoms with Crippen molar-refractivity contribution in [1.82, 2.24) is 0 Å². The molecule has 0 bridgehead atoms. The summed E-state index contributed by atoms with van der Waals surface area (Å²) in [5.41, 5.74) is 0. The molecule has 0 aromatic carbocycles. The maximum atomic E-state index is 12.8. The van der Waals surface area contributed by atoms with Crippen LogP contribution in [0.25, 0.3) is 0 Å². The summed E-state index contributed by atoms with van der Waals surface area (Å²) in [6.45, 7) is 6.55. The normalized spacial score (nSPS) is 12.6. The van der Waals surface area contributed by atoms with Gasteiger partial charge in [0, 0.05) is 19.3 Å². The zero-order valence-corrected chi connectivity index (χ0v) is 42.7. The van der Waals surface area contributed by atoms with Crippen LogP contribution in [0.15, 0.2) is 72.9 Å². The van der Waals surface area contributed by atoms with Crippen LogP contribution < -0.4 is 0 Å². The van der Waals surface area contributed by atoms with Crippen LogP contribution in [-0.2, 0) is 28.6 Å². The van der Waals surface area contributed by atoms with Crippen LogP contribution in [0.1, 0.15) is 265 Å². The third-order valence-corrected chi connectivity index (χ3v) is 11.7. The summed E-state index contributed by atoms with van der Waals surface area (Å²) in [7, 11) is 0. The molecule has 0 aromatic rings. The topological polar surface area (TPSA) is 78.9 Å². The molecule has 0 radical (unpaired) electrons. The Bertz CT molecular complexity index is 1230. The summed E-state index contributed by atoms with van der Waals surface area (Å²) in [4.78, 5) is 38.1. The van der Waals surface area contributed by atoms with E-state index in [-0.39, 0.29) is 31.1 Å². The van der Waals surface area contributed by atoms with Gasteiger partial charge in [-0.05, 0) is 116 Å². The van der Waals surface area contributed by atoms with Gasteiger partial charge in [-0.25, -0.2) is 0 Å². The minimum Gasteiger partial charge on any atom is -0.462 e. The lowest BCUT2D eigenvalue weighted by molar-refractivity contribution is -0.167. The predicted molar refractivity (Wildman–Crippen MR) is 279 cm³/mol. The lowest BCUT2D eigenvalue weighted by atomic mass is 10.1. The van der Waals surface area contributed by atoms with Gasteiger partial charge in [0.25, 0.3) is 0 Å². The second-order valence-electron chi connectivity index (χ2n) is 18.1. The first-order chi connectivity index (χ1) is 32.0. The second-order valence-corrected chi connectivity index (χ2v) is 18.1. The van der Waals surface area contributed by atoms with Gasteiger partial charge >= 0.3 is 17.9 Å². The fraction of sp³-hybridized carbons (Fsp3) is 0.746. The first kappa shape index (κ1) is 61.9. The van der Waals surface area contributed by atoms with Crippen molar-refractivity contribution < 1.29 is 28.6 Å². The zero-order chi connectivity index (χ0) is 47.2. The number of allylic oxidation sites excluding steroid dienone is 12. The van der Waals surface area contributed by atoms with Gasteiger partial charge in [0.1, 0.15) is 13.2 Å². The summed E-state index contributed by atoms with van der Waals surface area (Å²) in [6.07, 6.45) is 67.3. The number of carbonyl (C=O) groups excluding carboxylic acids is 3. The van der Waals surface area contributed by atoms with Gasteiger partial charge in [-0.1, -0.05) is 203 Å². The largest absolute Gasteiger partial charge is 0.462 e. The summed E-state index contributed by atoms with van der Waals surface area (Å²) < 4.78 is 16.8. The van der Waals surface area contributed by atoms with Crippen molar-refractivity contribution in [3.8, 4) is 0 Å². The monoisotopic (exact) mass is 907 g/mol. The Labute approximate surface area is 402 Å². The number of esters is 3. The average Bonchev–Trinajstić information content (AvgIpc) is 3.30. The number of hydrogen-bond donors (Lipinski definition) is 0. The van der Waals surface area contributed by atoms with Crippen molar-refractivity contribution in [3.63, 3.8) is 0 Å². The van der Waals surface area contributed by atoms with E-state index in [1.54, 1.807) is 0 Å². The smallest absolute Gasteiger partial charge is 0.306 e. The minimum absolute atomic E-state index is 0.0897. The zero-order valence-electron chi connectivity index (χ0n) is 42.7. The molecular formula is C59H102O6. The van der Waals surface area contributed by atoms with Gasteiger partial charge < -0.3 is 14.2 Å². The summed E-state index contributed by atoms with van der Waals surface area (Å²) in [5, 5.41) is 0.